The Bertz CT molecular complexity index is 1970. The van der Waals surface area contributed by atoms with E-state index in [2.05, 4.69) is 39.5 Å². The van der Waals surface area contributed by atoms with Gasteiger partial charge in [0.1, 0.15) is 34.6 Å². The summed E-state index contributed by atoms with van der Waals surface area (Å²) in [5, 5.41) is 10.5. The third-order valence-electron chi connectivity index (χ3n) is 10.1. The molecule has 3 aliphatic heterocycles. The van der Waals surface area contributed by atoms with Crippen molar-refractivity contribution in [2.24, 2.45) is 5.41 Å². The largest absolute Gasteiger partial charge is 0.486 e. The van der Waals surface area contributed by atoms with Crippen molar-refractivity contribution >= 4 is 33.8 Å². The number of fused-ring (bicyclic) bond motifs is 2. The van der Waals surface area contributed by atoms with Crippen molar-refractivity contribution in [3.8, 4) is 17.0 Å². The lowest BCUT2D eigenvalue weighted by Crippen LogP contribution is -2.60. The van der Waals surface area contributed by atoms with Gasteiger partial charge in [-0.1, -0.05) is 0 Å². The highest BCUT2D eigenvalue weighted by Gasteiger charge is 2.43. The molecule has 0 bridgehead atoms. The molecular formula is C38H45N7O4. The van der Waals surface area contributed by atoms with Crippen LogP contribution in [0.25, 0.3) is 33.2 Å². The zero-order chi connectivity index (χ0) is 33.8. The Labute approximate surface area is 286 Å². The lowest BCUT2D eigenvalue weighted by Gasteiger charge is -2.53. The van der Waals surface area contributed by atoms with Gasteiger partial charge in [-0.25, -0.2) is 24.0 Å². The van der Waals surface area contributed by atoms with Gasteiger partial charge in [-0.05, 0) is 115 Å². The van der Waals surface area contributed by atoms with Crippen LogP contribution in [0.3, 0.4) is 0 Å². The summed E-state index contributed by atoms with van der Waals surface area (Å²) in [7, 11) is 0. The van der Waals surface area contributed by atoms with Crippen molar-refractivity contribution < 1.29 is 19.0 Å². The number of carbonyl (C=O) groups excluding carboxylic acids is 1. The van der Waals surface area contributed by atoms with Gasteiger partial charge in [-0.15, -0.1) is 0 Å². The summed E-state index contributed by atoms with van der Waals surface area (Å²) in [5.41, 5.74) is 4.12. The van der Waals surface area contributed by atoms with Gasteiger partial charge in [-0.2, -0.15) is 5.10 Å². The standard InChI is InChI=1S/C38H45N7O4/c1-25(28-12-16-40-35-29(28)13-19-44(35)36(46)49-37(2,3)4)48-27-9-10-31-30(21-27)34(42-45(31)33-7-5-6-20-47-33)26-8-11-32(41-22-26)43-23-38(24-43)14-17-39-18-15-38/h8-13,16,19,21-22,25,33,39H,5-7,14-15,17-18,20,23-24H2,1-4H3. The molecule has 11 heteroatoms. The lowest BCUT2D eigenvalue weighted by molar-refractivity contribution is -0.0365. The normalized spacial score (nSPS) is 20.0. The Morgan fingerprint density at radius 2 is 1.88 bits per heavy atom. The Morgan fingerprint density at radius 1 is 1.04 bits per heavy atom. The Kier molecular flexibility index (Phi) is 8.07. The monoisotopic (exact) mass is 663 g/mol. The van der Waals surface area contributed by atoms with E-state index < -0.39 is 11.7 Å². The summed E-state index contributed by atoms with van der Waals surface area (Å²) < 4.78 is 21.9. The van der Waals surface area contributed by atoms with E-state index in [0.717, 1.165) is 96.7 Å². The van der Waals surface area contributed by atoms with Crippen LogP contribution >= 0.6 is 0 Å². The molecule has 3 aliphatic rings. The van der Waals surface area contributed by atoms with Crippen LogP contribution in [0.15, 0.2) is 61.1 Å². The number of pyridine rings is 2. The molecule has 49 heavy (non-hydrogen) atoms. The van der Waals surface area contributed by atoms with Crippen molar-refractivity contribution in [3.05, 3.63) is 66.6 Å². The Morgan fingerprint density at radius 3 is 2.61 bits per heavy atom. The topological polar surface area (TPSA) is 109 Å². The molecule has 7 heterocycles. The number of benzene rings is 1. The first-order valence-electron chi connectivity index (χ1n) is 17.6. The van der Waals surface area contributed by atoms with Gasteiger partial charge in [0.05, 0.1) is 5.52 Å². The van der Waals surface area contributed by atoms with Crippen molar-refractivity contribution in [2.75, 3.05) is 37.7 Å². The molecule has 11 nitrogen and oxygen atoms in total. The number of nitrogens with one attached hydrogen (secondary N) is 1. The van der Waals surface area contributed by atoms with Crippen LogP contribution in [0.1, 0.15) is 77.7 Å². The van der Waals surface area contributed by atoms with Gasteiger partial charge in [-0.3, -0.25) is 0 Å². The third kappa shape index (κ3) is 6.14. The molecular weight excluding hydrogens is 618 g/mol. The van der Waals surface area contributed by atoms with Gasteiger partial charge < -0.3 is 24.4 Å². The van der Waals surface area contributed by atoms with Crippen LogP contribution in [0.5, 0.6) is 5.75 Å². The maximum Gasteiger partial charge on any atom is 0.420 e. The summed E-state index contributed by atoms with van der Waals surface area (Å²) >= 11 is 0. The third-order valence-corrected chi connectivity index (χ3v) is 10.1. The number of nitrogens with zero attached hydrogens (tertiary/aromatic N) is 6. The first kappa shape index (κ1) is 31.8. The van der Waals surface area contributed by atoms with Crippen molar-refractivity contribution in [3.63, 3.8) is 0 Å². The van der Waals surface area contributed by atoms with Gasteiger partial charge in [0.25, 0.3) is 0 Å². The van der Waals surface area contributed by atoms with Gasteiger partial charge in [0.2, 0.25) is 0 Å². The fourth-order valence-corrected chi connectivity index (χ4v) is 7.59. The average Bonchev–Trinajstić information content (AvgIpc) is 3.69. The molecule has 0 aliphatic carbocycles. The number of aromatic nitrogens is 5. The molecule has 5 aromatic rings. The van der Waals surface area contributed by atoms with Crippen LogP contribution in [0.4, 0.5) is 10.6 Å². The zero-order valence-corrected chi connectivity index (χ0v) is 28.8. The molecule has 3 fully saturated rings. The second-order valence-corrected chi connectivity index (χ2v) is 14.9. The molecule has 0 amide bonds. The van der Waals surface area contributed by atoms with Gasteiger partial charge >= 0.3 is 6.09 Å². The molecule has 2 atom stereocenters. The highest BCUT2D eigenvalue weighted by atomic mass is 16.6. The van der Waals surface area contributed by atoms with E-state index in [1.165, 1.54) is 17.4 Å². The highest BCUT2D eigenvalue weighted by Crippen LogP contribution is 2.41. The lowest BCUT2D eigenvalue weighted by atomic mass is 9.72. The van der Waals surface area contributed by atoms with Crippen molar-refractivity contribution in [1.29, 1.82) is 0 Å². The average molecular weight is 664 g/mol. The molecule has 0 saturated carbocycles. The fraction of sp³-hybridized carbons (Fsp3) is 0.474. The number of rotatable bonds is 6. The van der Waals surface area contributed by atoms with Crippen LogP contribution in [0, 0.1) is 5.41 Å². The number of hydrogen-bond acceptors (Lipinski definition) is 9. The van der Waals surface area contributed by atoms with E-state index in [4.69, 9.17) is 24.3 Å². The molecule has 2 unspecified atom stereocenters. The van der Waals surface area contributed by atoms with E-state index >= 15 is 0 Å². The SMILES string of the molecule is CC(Oc1ccc2c(c1)c(-c1ccc(N3CC4(CCNCC4)C3)nc1)nn2C1CCCCO1)c1ccnc2c1ccn2C(=O)OC(C)(C)C. The first-order valence-corrected chi connectivity index (χ1v) is 17.6. The van der Waals surface area contributed by atoms with Crippen molar-refractivity contribution in [1.82, 2.24) is 29.6 Å². The molecule has 3 saturated heterocycles. The summed E-state index contributed by atoms with van der Waals surface area (Å²) in [4.78, 5) is 24.7. The number of hydrogen-bond donors (Lipinski definition) is 1. The minimum absolute atomic E-state index is 0.107. The zero-order valence-electron chi connectivity index (χ0n) is 28.8. The summed E-state index contributed by atoms with van der Waals surface area (Å²) in [6.07, 6.45) is 10.1. The van der Waals surface area contributed by atoms with Crippen LogP contribution in [0.2, 0.25) is 0 Å². The maximum atomic E-state index is 12.9. The number of carbonyl (C=O) groups is 1. The molecule has 8 rings (SSSR count). The summed E-state index contributed by atoms with van der Waals surface area (Å²) in [6, 6.07) is 14.2. The van der Waals surface area contributed by atoms with Crippen molar-refractivity contribution in [2.45, 2.75) is 77.7 Å². The Hall–Kier alpha value is -4.48. The van der Waals surface area contributed by atoms with E-state index in [0.29, 0.717) is 11.1 Å². The van der Waals surface area contributed by atoms with Gasteiger partial charge in [0.15, 0.2) is 6.23 Å². The smallest absolute Gasteiger partial charge is 0.420 e. The molecule has 1 spiro atoms. The molecule has 0 radical (unpaired) electrons. The van der Waals surface area contributed by atoms with E-state index in [1.807, 2.05) is 56.8 Å². The van der Waals surface area contributed by atoms with E-state index in [-0.39, 0.29) is 12.3 Å². The predicted molar refractivity (Wildman–Crippen MR) is 189 cm³/mol. The first-order chi connectivity index (χ1) is 23.7. The quantitative estimate of drug-likeness (QED) is 0.201. The second kappa shape index (κ2) is 12.4. The molecule has 256 valence electrons. The minimum Gasteiger partial charge on any atom is -0.486 e. The molecule has 4 aromatic heterocycles. The van der Waals surface area contributed by atoms with E-state index in [9.17, 15) is 4.79 Å². The Balaban J connectivity index is 1.08. The fourth-order valence-electron chi connectivity index (χ4n) is 7.59. The van der Waals surface area contributed by atoms with E-state index in [1.54, 1.807) is 12.4 Å². The van der Waals surface area contributed by atoms with Gasteiger partial charge in [0, 0.05) is 65.6 Å². The number of anilines is 1. The predicted octanol–water partition coefficient (Wildman–Crippen LogP) is 7.26. The van der Waals surface area contributed by atoms with Crippen LogP contribution in [-0.4, -0.2) is 68.8 Å². The highest BCUT2D eigenvalue weighted by molar-refractivity contribution is 5.94. The molecule has 1 aromatic carbocycles. The van der Waals surface area contributed by atoms with Crippen LogP contribution in [-0.2, 0) is 9.47 Å². The number of ether oxygens (including phenoxy) is 3. The summed E-state index contributed by atoms with van der Waals surface area (Å²) in [6.45, 7) is 12.7. The van der Waals surface area contributed by atoms with Crippen LogP contribution < -0.4 is 15.0 Å². The second-order valence-electron chi connectivity index (χ2n) is 14.9. The number of piperidine rings is 1. The maximum absolute atomic E-state index is 12.9. The minimum atomic E-state index is -0.612. The molecule has 1 N–H and O–H groups in total. The summed E-state index contributed by atoms with van der Waals surface area (Å²) in [5.74, 6) is 1.74.